The maximum absolute atomic E-state index is 6.06. The number of nitrogens with zero attached hydrogens (tertiary/aromatic N) is 4. The quantitative estimate of drug-likeness (QED) is 0.496. The normalized spacial score (nSPS) is 19.7. The van der Waals surface area contributed by atoms with Crippen LogP contribution in [-0.2, 0) is 6.42 Å². The van der Waals surface area contributed by atoms with Crippen LogP contribution in [0.3, 0.4) is 0 Å². The van der Waals surface area contributed by atoms with Gasteiger partial charge in [-0.2, -0.15) is 4.98 Å². The molecule has 1 saturated carbocycles. The molecular formula is C24H32N6OS. The molecule has 1 aliphatic carbocycles. The van der Waals surface area contributed by atoms with Crippen molar-refractivity contribution >= 4 is 34.9 Å². The predicted octanol–water partition coefficient (Wildman–Crippen LogP) is 5.36. The molecule has 0 bridgehead atoms. The molecule has 32 heavy (non-hydrogen) atoms. The number of ether oxygens (including phenoxy) is 1. The molecule has 2 N–H and O–H groups in total. The zero-order chi connectivity index (χ0) is 21.9. The first-order chi connectivity index (χ1) is 15.6. The van der Waals surface area contributed by atoms with Crippen molar-refractivity contribution in [3.8, 4) is 5.75 Å². The Kier molecular flexibility index (Phi) is 6.14. The molecule has 1 aromatic carbocycles. The Morgan fingerprint density at radius 2 is 1.91 bits per heavy atom. The molecule has 2 aromatic heterocycles. The highest BCUT2D eigenvalue weighted by molar-refractivity contribution is 7.99. The van der Waals surface area contributed by atoms with Crippen LogP contribution in [0.4, 0.5) is 23.1 Å². The van der Waals surface area contributed by atoms with Crippen LogP contribution < -0.4 is 15.4 Å². The number of thioether (sulfide) groups is 1. The fourth-order valence-corrected chi connectivity index (χ4v) is 4.95. The van der Waals surface area contributed by atoms with Gasteiger partial charge >= 0.3 is 0 Å². The van der Waals surface area contributed by atoms with Crippen LogP contribution in [0.2, 0.25) is 0 Å². The Bertz CT molecular complexity index is 1080. The smallest absolute Gasteiger partial charge is 0.229 e. The Morgan fingerprint density at radius 3 is 2.72 bits per heavy atom. The number of nitrogens with one attached hydrogen (secondary N) is 2. The zero-order valence-electron chi connectivity index (χ0n) is 18.4. The van der Waals surface area contributed by atoms with E-state index in [1.807, 2.05) is 48.3 Å². The lowest BCUT2D eigenvalue weighted by molar-refractivity contribution is 0.0401. The molecular weight excluding hydrogens is 420 g/mol. The minimum Gasteiger partial charge on any atom is -0.490 e. The summed E-state index contributed by atoms with van der Waals surface area (Å²) in [6.07, 6.45) is 8.35. The van der Waals surface area contributed by atoms with Gasteiger partial charge in [0.2, 0.25) is 5.95 Å². The molecule has 5 rings (SSSR count). The average Bonchev–Trinajstić information content (AvgIpc) is 2.77. The van der Waals surface area contributed by atoms with Gasteiger partial charge in [0.15, 0.2) is 0 Å². The van der Waals surface area contributed by atoms with Crippen LogP contribution in [-0.4, -0.2) is 51.8 Å². The molecule has 3 aromatic rings. The first-order valence-electron chi connectivity index (χ1n) is 11.0. The fraction of sp³-hybridized carbons (Fsp3) is 0.375. The van der Waals surface area contributed by atoms with E-state index in [1.165, 1.54) is 17.0 Å². The van der Waals surface area contributed by atoms with Crippen LogP contribution in [0.15, 0.2) is 53.7 Å². The summed E-state index contributed by atoms with van der Waals surface area (Å²) in [6.45, 7) is 0. The third-order valence-electron chi connectivity index (χ3n) is 5.89. The van der Waals surface area contributed by atoms with Crippen molar-refractivity contribution in [1.82, 2.24) is 19.9 Å². The van der Waals surface area contributed by atoms with E-state index in [0.717, 1.165) is 48.0 Å². The summed E-state index contributed by atoms with van der Waals surface area (Å²) >= 11 is 1.87. The number of aromatic nitrogens is 3. The maximum Gasteiger partial charge on any atom is 0.229 e. The minimum absolute atomic E-state index is 0. The molecule has 1 aliphatic heterocycles. The molecule has 0 amide bonds. The third-order valence-corrected chi connectivity index (χ3v) is 7.04. The van der Waals surface area contributed by atoms with E-state index in [2.05, 4.69) is 50.6 Å². The van der Waals surface area contributed by atoms with Crippen molar-refractivity contribution in [2.75, 3.05) is 30.5 Å². The first-order valence-corrected chi connectivity index (χ1v) is 12.0. The second-order valence-electron chi connectivity index (χ2n) is 8.49. The zero-order valence-corrected chi connectivity index (χ0v) is 19.2. The topological polar surface area (TPSA) is 75.2 Å². The van der Waals surface area contributed by atoms with Crippen LogP contribution in [0.5, 0.6) is 5.75 Å². The molecule has 2 aliphatic rings. The van der Waals surface area contributed by atoms with Gasteiger partial charge < -0.3 is 20.3 Å². The fourth-order valence-electron chi connectivity index (χ4n) is 3.91. The Balaban J connectivity index is 0.00000162. The van der Waals surface area contributed by atoms with Crippen molar-refractivity contribution in [3.63, 3.8) is 0 Å². The van der Waals surface area contributed by atoms with Crippen molar-refractivity contribution in [3.05, 3.63) is 54.5 Å². The predicted molar refractivity (Wildman–Crippen MR) is 134 cm³/mol. The van der Waals surface area contributed by atoms with Gasteiger partial charge in [-0.25, -0.2) is 4.98 Å². The molecule has 0 radical (unpaired) electrons. The van der Waals surface area contributed by atoms with Gasteiger partial charge in [0.25, 0.3) is 0 Å². The van der Waals surface area contributed by atoms with E-state index in [4.69, 9.17) is 4.74 Å². The Morgan fingerprint density at radius 1 is 1.06 bits per heavy atom. The summed E-state index contributed by atoms with van der Waals surface area (Å²) in [6, 6.07) is 12.6. The number of fused-ring (bicyclic) bond motifs is 1. The monoisotopic (exact) mass is 452 g/mol. The number of aryl methyl sites for hydroxylation is 1. The lowest BCUT2D eigenvalue weighted by atomic mass is 9.88. The summed E-state index contributed by atoms with van der Waals surface area (Å²) in [5.74, 6) is 3.31. The number of anilines is 4. The Labute approximate surface area is 196 Å². The lowest BCUT2D eigenvalue weighted by Gasteiger charge is -2.39. The second-order valence-corrected chi connectivity index (χ2v) is 9.63. The van der Waals surface area contributed by atoms with E-state index in [-0.39, 0.29) is 2.85 Å². The van der Waals surface area contributed by atoms with Crippen LogP contribution in [0.25, 0.3) is 0 Å². The average molecular weight is 453 g/mol. The summed E-state index contributed by atoms with van der Waals surface area (Å²) in [5.41, 5.74) is 3.05. The van der Waals surface area contributed by atoms with Crippen LogP contribution >= 0.6 is 11.8 Å². The molecule has 0 saturated heterocycles. The van der Waals surface area contributed by atoms with Gasteiger partial charge in [-0.1, -0.05) is 0 Å². The van der Waals surface area contributed by atoms with Gasteiger partial charge in [-0.15, -0.1) is 11.8 Å². The van der Waals surface area contributed by atoms with Crippen molar-refractivity contribution in [2.45, 2.75) is 42.7 Å². The molecule has 7 nitrogen and oxygen atoms in total. The molecule has 0 spiro atoms. The molecule has 8 heteroatoms. The van der Waals surface area contributed by atoms with Gasteiger partial charge in [0, 0.05) is 25.7 Å². The lowest BCUT2D eigenvalue weighted by Crippen LogP contribution is -2.46. The SMILES string of the molecule is CN(C)C1CC(Oc2ccc(Nc3nccc(Nc4cnc5c(c4)SCCC5)n3)cc2)C1.[HH].[HH]. The minimum atomic E-state index is 0. The first kappa shape index (κ1) is 21.0. The molecule has 1 fully saturated rings. The number of benzene rings is 1. The molecule has 0 unspecified atom stereocenters. The van der Waals surface area contributed by atoms with Crippen LogP contribution in [0.1, 0.15) is 27.8 Å². The van der Waals surface area contributed by atoms with Gasteiger partial charge in [0.1, 0.15) is 17.7 Å². The highest BCUT2D eigenvalue weighted by atomic mass is 32.2. The second kappa shape index (κ2) is 9.34. The van der Waals surface area contributed by atoms with E-state index < -0.39 is 0 Å². The Hall–Kier alpha value is -2.84. The summed E-state index contributed by atoms with van der Waals surface area (Å²) in [7, 11) is 4.24. The number of hydrogen-bond donors (Lipinski definition) is 2. The third kappa shape index (κ3) is 4.97. The van der Waals surface area contributed by atoms with Crippen LogP contribution in [0, 0.1) is 0 Å². The number of hydrogen-bond acceptors (Lipinski definition) is 8. The molecule has 0 atom stereocenters. The van der Waals surface area contributed by atoms with E-state index in [0.29, 0.717) is 18.1 Å². The summed E-state index contributed by atoms with van der Waals surface area (Å²) < 4.78 is 6.06. The van der Waals surface area contributed by atoms with Gasteiger partial charge in [-0.3, -0.25) is 4.98 Å². The van der Waals surface area contributed by atoms with E-state index >= 15 is 0 Å². The van der Waals surface area contributed by atoms with Crippen molar-refractivity contribution < 1.29 is 7.59 Å². The van der Waals surface area contributed by atoms with Crippen molar-refractivity contribution in [1.29, 1.82) is 0 Å². The highest BCUT2D eigenvalue weighted by Gasteiger charge is 2.32. The van der Waals surface area contributed by atoms with E-state index in [1.54, 1.807) is 6.20 Å². The maximum atomic E-state index is 6.06. The summed E-state index contributed by atoms with van der Waals surface area (Å²) in [5, 5.41) is 6.61. The van der Waals surface area contributed by atoms with Gasteiger partial charge in [-0.05, 0) is 81.9 Å². The van der Waals surface area contributed by atoms with Crippen molar-refractivity contribution in [2.24, 2.45) is 0 Å². The molecule has 170 valence electrons. The number of rotatable bonds is 7. The largest absolute Gasteiger partial charge is 0.490 e. The highest BCUT2D eigenvalue weighted by Crippen LogP contribution is 2.32. The van der Waals surface area contributed by atoms with Gasteiger partial charge in [0.05, 0.1) is 17.6 Å². The number of pyridine rings is 1. The summed E-state index contributed by atoms with van der Waals surface area (Å²) in [4.78, 5) is 17.1. The standard InChI is InChI=1S/C24H28N6OS.2H2/c1-30(2)18-13-20(14-18)31-19-7-5-16(6-8-19)28-24-25-10-9-23(29-24)27-17-12-22-21(26-15-17)4-3-11-32-22;;/h5-10,12,15,18,20H,3-4,11,13-14H2,1-2H3,(H2,25,27,28,29);2*1H. The molecule has 3 heterocycles. The van der Waals surface area contributed by atoms with E-state index in [9.17, 15) is 0 Å².